The molecule has 0 saturated carbocycles. The van der Waals surface area contributed by atoms with Crippen LogP contribution >= 0.6 is 11.8 Å². The third-order valence-corrected chi connectivity index (χ3v) is 5.65. The molecule has 1 aliphatic heterocycles. The van der Waals surface area contributed by atoms with Gasteiger partial charge in [0.2, 0.25) is 10.0 Å². The number of nitrogens with zero attached hydrogens (tertiary/aromatic N) is 3. The zero-order chi connectivity index (χ0) is 14.0. The molecule has 0 aliphatic carbocycles. The molecular weight excluding hydrogens is 290 g/mol. The van der Waals surface area contributed by atoms with Crippen LogP contribution < -0.4 is 0 Å². The van der Waals surface area contributed by atoms with E-state index in [2.05, 4.69) is 4.98 Å². The van der Waals surface area contributed by atoms with E-state index >= 15 is 0 Å². The van der Waals surface area contributed by atoms with Crippen molar-refractivity contribution in [2.24, 2.45) is 0 Å². The predicted octanol–water partition coefficient (Wildman–Crippen LogP) is 0.101. The van der Waals surface area contributed by atoms with Crippen molar-refractivity contribution >= 4 is 27.8 Å². The topological polar surface area (TPSA) is 111 Å². The van der Waals surface area contributed by atoms with E-state index in [9.17, 15) is 13.2 Å². The van der Waals surface area contributed by atoms with Crippen molar-refractivity contribution in [2.75, 3.05) is 11.6 Å². The van der Waals surface area contributed by atoms with Gasteiger partial charge in [-0.2, -0.15) is 9.57 Å². The lowest BCUT2D eigenvalue weighted by Crippen LogP contribution is -2.41. The molecule has 2 heterocycles. The molecule has 1 aliphatic rings. The molecule has 1 atom stereocenters. The van der Waals surface area contributed by atoms with Crippen LogP contribution in [0.1, 0.15) is 5.69 Å². The maximum absolute atomic E-state index is 12.4. The van der Waals surface area contributed by atoms with Gasteiger partial charge in [0.1, 0.15) is 17.0 Å². The second kappa shape index (κ2) is 5.16. The number of carboxylic acids is 1. The molecule has 1 fully saturated rings. The van der Waals surface area contributed by atoms with E-state index in [-0.39, 0.29) is 22.2 Å². The van der Waals surface area contributed by atoms with Crippen molar-refractivity contribution in [1.29, 1.82) is 5.26 Å². The third-order valence-electron chi connectivity index (χ3n) is 2.59. The number of aromatic nitrogens is 1. The summed E-state index contributed by atoms with van der Waals surface area (Å²) in [5, 5.41) is 17.9. The quantitative estimate of drug-likeness (QED) is 0.842. The van der Waals surface area contributed by atoms with Gasteiger partial charge in [-0.3, -0.25) is 4.79 Å². The molecule has 0 radical (unpaired) electrons. The number of hydrogen-bond acceptors (Lipinski definition) is 6. The maximum atomic E-state index is 12.4. The molecule has 1 aromatic rings. The predicted molar refractivity (Wildman–Crippen MR) is 66.7 cm³/mol. The Balaban J connectivity index is 2.49. The van der Waals surface area contributed by atoms with E-state index in [1.165, 1.54) is 30.1 Å². The van der Waals surface area contributed by atoms with Gasteiger partial charge < -0.3 is 5.11 Å². The fraction of sp³-hybridized carbons (Fsp3) is 0.300. The highest BCUT2D eigenvalue weighted by molar-refractivity contribution is 8.00. The van der Waals surface area contributed by atoms with E-state index in [0.29, 0.717) is 0 Å². The zero-order valence-corrected chi connectivity index (χ0v) is 11.2. The van der Waals surface area contributed by atoms with E-state index in [1.54, 1.807) is 6.07 Å². The molecule has 0 aromatic carbocycles. The lowest BCUT2D eigenvalue weighted by atomic mass is 10.4. The summed E-state index contributed by atoms with van der Waals surface area (Å²) >= 11 is 1.22. The minimum Gasteiger partial charge on any atom is -0.480 e. The first-order valence-electron chi connectivity index (χ1n) is 5.16. The lowest BCUT2D eigenvalue weighted by molar-refractivity contribution is -0.140. The Morgan fingerprint density at radius 3 is 3.00 bits per heavy atom. The average Bonchev–Trinajstić information content (AvgIpc) is 2.88. The van der Waals surface area contributed by atoms with Crippen LogP contribution in [-0.4, -0.2) is 46.5 Å². The molecule has 9 heteroatoms. The number of carboxylic acid groups (broad SMARTS) is 1. The van der Waals surface area contributed by atoms with Gasteiger partial charge in [-0.15, -0.1) is 11.8 Å². The molecule has 1 N–H and O–H groups in total. The van der Waals surface area contributed by atoms with Gasteiger partial charge in [0, 0.05) is 11.9 Å². The van der Waals surface area contributed by atoms with Crippen molar-refractivity contribution in [3.8, 4) is 6.07 Å². The minimum atomic E-state index is -4.03. The van der Waals surface area contributed by atoms with Crippen LogP contribution in [0.5, 0.6) is 0 Å². The first-order valence-corrected chi connectivity index (χ1v) is 7.75. The number of sulfonamides is 1. The molecule has 19 heavy (non-hydrogen) atoms. The van der Waals surface area contributed by atoms with Crippen LogP contribution in [0.25, 0.3) is 0 Å². The number of thioether (sulfide) groups is 1. The van der Waals surface area contributed by atoms with Gasteiger partial charge >= 0.3 is 5.97 Å². The van der Waals surface area contributed by atoms with E-state index in [4.69, 9.17) is 10.4 Å². The number of hydrogen-bond donors (Lipinski definition) is 1. The summed E-state index contributed by atoms with van der Waals surface area (Å²) in [7, 11) is -4.03. The highest BCUT2D eigenvalue weighted by Crippen LogP contribution is 2.29. The van der Waals surface area contributed by atoms with E-state index in [1.807, 2.05) is 0 Å². The summed E-state index contributed by atoms with van der Waals surface area (Å²) in [4.78, 5) is 14.5. The summed E-state index contributed by atoms with van der Waals surface area (Å²) in [5.41, 5.74) is -0.233. The lowest BCUT2D eigenvalue weighted by Gasteiger charge is -2.20. The van der Waals surface area contributed by atoms with Crippen molar-refractivity contribution in [3.05, 3.63) is 24.0 Å². The van der Waals surface area contributed by atoms with Crippen LogP contribution in [-0.2, 0) is 14.8 Å². The van der Waals surface area contributed by atoms with Gasteiger partial charge in [-0.25, -0.2) is 13.4 Å². The van der Waals surface area contributed by atoms with E-state index < -0.39 is 22.0 Å². The highest BCUT2D eigenvalue weighted by atomic mass is 32.2. The molecule has 7 nitrogen and oxygen atoms in total. The molecule has 0 bridgehead atoms. The smallest absolute Gasteiger partial charge is 0.322 e. The van der Waals surface area contributed by atoms with Crippen molar-refractivity contribution in [3.63, 3.8) is 0 Å². The summed E-state index contributed by atoms with van der Waals surface area (Å²) in [6.45, 7) is 0. The summed E-state index contributed by atoms with van der Waals surface area (Å²) in [6, 6.07) is 3.24. The number of aliphatic carboxylic acids is 1. The molecule has 0 spiro atoms. The Morgan fingerprint density at radius 1 is 1.63 bits per heavy atom. The minimum absolute atomic E-state index is 0.0546. The number of carbonyl (C=O) groups is 1. The normalized spacial score (nSPS) is 20.1. The Bertz CT molecular complexity index is 653. The second-order valence-corrected chi connectivity index (χ2v) is 6.57. The van der Waals surface area contributed by atoms with Gasteiger partial charge in [0.25, 0.3) is 0 Å². The van der Waals surface area contributed by atoms with Crippen molar-refractivity contribution in [1.82, 2.24) is 9.29 Å². The molecule has 1 saturated heterocycles. The van der Waals surface area contributed by atoms with E-state index in [0.717, 1.165) is 4.31 Å². The SMILES string of the molecule is N#Cc1ncccc1S(=O)(=O)N1CSCC1C(=O)O. The monoisotopic (exact) mass is 299 g/mol. The average molecular weight is 299 g/mol. The molecule has 1 unspecified atom stereocenters. The molecule has 100 valence electrons. The Labute approximate surface area is 113 Å². The first kappa shape index (κ1) is 13.8. The Kier molecular flexibility index (Phi) is 3.75. The fourth-order valence-electron chi connectivity index (χ4n) is 1.67. The fourth-order valence-corrected chi connectivity index (χ4v) is 4.90. The summed E-state index contributed by atoms with van der Waals surface area (Å²) in [5.74, 6) is -0.952. The third kappa shape index (κ3) is 2.42. The molecular formula is C10H9N3O4S2. The second-order valence-electron chi connectivity index (χ2n) is 3.71. The number of rotatable bonds is 3. The van der Waals surface area contributed by atoms with Crippen LogP contribution in [0.4, 0.5) is 0 Å². The largest absolute Gasteiger partial charge is 0.480 e. The number of nitriles is 1. The van der Waals surface area contributed by atoms with Crippen LogP contribution in [0.15, 0.2) is 23.2 Å². The maximum Gasteiger partial charge on any atom is 0.322 e. The van der Waals surface area contributed by atoms with Gasteiger partial charge in [0.15, 0.2) is 5.69 Å². The Hall–Kier alpha value is -1.63. The Morgan fingerprint density at radius 2 is 2.37 bits per heavy atom. The van der Waals surface area contributed by atoms with Crippen LogP contribution in [0.2, 0.25) is 0 Å². The van der Waals surface area contributed by atoms with Crippen molar-refractivity contribution in [2.45, 2.75) is 10.9 Å². The number of pyridine rings is 1. The summed E-state index contributed by atoms with van der Waals surface area (Å²) < 4.78 is 25.7. The van der Waals surface area contributed by atoms with Gasteiger partial charge in [-0.05, 0) is 12.1 Å². The molecule has 2 rings (SSSR count). The molecule has 0 amide bonds. The van der Waals surface area contributed by atoms with Crippen LogP contribution in [0, 0.1) is 11.3 Å². The highest BCUT2D eigenvalue weighted by Gasteiger charge is 2.41. The summed E-state index contributed by atoms with van der Waals surface area (Å²) in [6.07, 6.45) is 1.31. The molecule has 1 aromatic heterocycles. The van der Waals surface area contributed by atoms with Gasteiger partial charge in [-0.1, -0.05) is 0 Å². The van der Waals surface area contributed by atoms with Crippen LogP contribution in [0.3, 0.4) is 0 Å². The van der Waals surface area contributed by atoms with Gasteiger partial charge in [0.05, 0.1) is 5.88 Å². The zero-order valence-electron chi connectivity index (χ0n) is 9.55. The van der Waals surface area contributed by atoms with Crippen molar-refractivity contribution < 1.29 is 18.3 Å². The standard InChI is InChI=1S/C10H9N3O4S2/c11-4-7-9(2-1-3-12-7)19(16,17)13-6-18-5-8(13)10(14)15/h1-3,8H,5-6H2,(H,14,15). The first-order chi connectivity index (χ1) is 8.98.